The number of hydrogen-bond acceptors (Lipinski definition) is 3. The highest BCUT2D eigenvalue weighted by atomic mass is 16.5. The molecule has 0 amide bonds. The first-order valence-electron chi connectivity index (χ1n) is 4.51. The van der Waals surface area contributed by atoms with Crippen LogP contribution in [0.2, 0.25) is 0 Å². The average molecular weight is 186 g/mol. The fraction of sp³-hybridized carbons (Fsp3) is 0.700. The molecule has 0 N–H and O–H groups in total. The van der Waals surface area contributed by atoms with E-state index in [0.29, 0.717) is 18.3 Å². The van der Waals surface area contributed by atoms with Gasteiger partial charge in [0.05, 0.1) is 19.8 Å². The fourth-order valence-electron chi connectivity index (χ4n) is 0.919. The van der Waals surface area contributed by atoms with Crippen molar-refractivity contribution in [2.24, 2.45) is 5.92 Å². The van der Waals surface area contributed by atoms with Crippen molar-refractivity contribution in [3.05, 3.63) is 11.8 Å². The molecular weight excluding hydrogens is 168 g/mol. The van der Waals surface area contributed by atoms with Crippen molar-refractivity contribution in [1.29, 1.82) is 0 Å². The lowest BCUT2D eigenvalue weighted by molar-refractivity contribution is -0.137. The monoisotopic (exact) mass is 186 g/mol. The van der Waals surface area contributed by atoms with Crippen LogP contribution in [0.3, 0.4) is 0 Å². The van der Waals surface area contributed by atoms with Gasteiger partial charge < -0.3 is 9.47 Å². The SMILES string of the molecule is CCOC(=O)/C=C(\CC(C)C)OC. The maximum atomic E-state index is 11.0. The highest BCUT2D eigenvalue weighted by Gasteiger charge is 2.04. The molecule has 0 fully saturated rings. The molecule has 0 aliphatic heterocycles. The molecule has 0 aliphatic carbocycles. The molecule has 0 heterocycles. The minimum atomic E-state index is -0.333. The summed E-state index contributed by atoms with van der Waals surface area (Å²) in [5.41, 5.74) is 0. The molecule has 0 unspecified atom stereocenters. The lowest BCUT2D eigenvalue weighted by Crippen LogP contribution is -2.03. The van der Waals surface area contributed by atoms with E-state index in [9.17, 15) is 4.79 Å². The largest absolute Gasteiger partial charge is 0.501 e. The molecule has 0 aromatic rings. The molecule has 0 rings (SSSR count). The van der Waals surface area contributed by atoms with Crippen LogP contribution in [0.25, 0.3) is 0 Å². The minimum absolute atomic E-state index is 0.333. The third kappa shape index (κ3) is 6.20. The molecule has 0 saturated heterocycles. The molecular formula is C10H18O3. The highest BCUT2D eigenvalue weighted by molar-refractivity contribution is 5.82. The maximum absolute atomic E-state index is 11.0. The summed E-state index contributed by atoms with van der Waals surface area (Å²) in [5, 5.41) is 0. The van der Waals surface area contributed by atoms with Crippen LogP contribution in [0.1, 0.15) is 27.2 Å². The van der Waals surface area contributed by atoms with E-state index in [-0.39, 0.29) is 5.97 Å². The summed E-state index contributed by atoms with van der Waals surface area (Å²) in [4.78, 5) is 11.0. The van der Waals surface area contributed by atoms with Crippen LogP contribution < -0.4 is 0 Å². The molecule has 13 heavy (non-hydrogen) atoms. The number of allylic oxidation sites excluding steroid dienone is 1. The molecule has 0 bridgehead atoms. The van der Waals surface area contributed by atoms with Crippen molar-refractivity contribution in [2.45, 2.75) is 27.2 Å². The van der Waals surface area contributed by atoms with Gasteiger partial charge in [-0.25, -0.2) is 4.79 Å². The van der Waals surface area contributed by atoms with Crippen molar-refractivity contribution in [2.75, 3.05) is 13.7 Å². The van der Waals surface area contributed by atoms with Gasteiger partial charge in [0.2, 0.25) is 0 Å². The Hall–Kier alpha value is -0.990. The van der Waals surface area contributed by atoms with Crippen LogP contribution >= 0.6 is 0 Å². The second-order valence-electron chi connectivity index (χ2n) is 3.16. The van der Waals surface area contributed by atoms with E-state index in [2.05, 4.69) is 13.8 Å². The molecule has 0 aromatic heterocycles. The molecule has 0 radical (unpaired) electrons. The smallest absolute Gasteiger partial charge is 0.334 e. The van der Waals surface area contributed by atoms with Gasteiger partial charge in [-0.2, -0.15) is 0 Å². The van der Waals surface area contributed by atoms with E-state index >= 15 is 0 Å². The molecule has 0 aromatic carbocycles. The number of methoxy groups -OCH3 is 1. The summed E-state index contributed by atoms with van der Waals surface area (Å²) >= 11 is 0. The third-order valence-corrected chi connectivity index (χ3v) is 1.44. The summed E-state index contributed by atoms with van der Waals surface area (Å²) in [6, 6.07) is 0. The number of rotatable bonds is 5. The van der Waals surface area contributed by atoms with Gasteiger partial charge in [-0.05, 0) is 12.8 Å². The van der Waals surface area contributed by atoms with E-state index in [4.69, 9.17) is 9.47 Å². The topological polar surface area (TPSA) is 35.5 Å². The highest BCUT2D eigenvalue weighted by Crippen LogP contribution is 2.10. The van der Waals surface area contributed by atoms with Gasteiger partial charge in [0.25, 0.3) is 0 Å². The lowest BCUT2D eigenvalue weighted by atomic mass is 10.1. The predicted octanol–water partition coefficient (Wildman–Crippen LogP) is 2.13. The zero-order valence-electron chi connectivity index (χ0n) is 8.79. The number of ether oxygens (including phenoxy) is 2. The Bertz CT molecular complexity index is 183. The lowest BCUT2D eigenvalue weighted by Gasteiger charge is -2.08. The average Bonchev–Trinajstić information content (AvgIpc) is 2.02. The number of esters is 1. The van der Waals surface area contributed by atoms with Crippen molar-refractivity contribution >= 4 is 5.97 Å². The van der Waals surface area contributed by atoms with E-state index < -0.39 is 0 Å². The zero-order valence-corrected chi connectivity index (χ0v) is 8.79. The normalized spacial score (nSPS) is 11.6. The Kier molecular flexibility index (Phi) is 6.02. The molecule has 0 saturated carbocycles. The zero-order chi connectivity index (χ0) is 10.3. The number of carbonyl (C=O) groups is 1. The summed E-state index contributed by atoms with van der Waals surface area (Å²) in [5.74, 6) is 0.814. The Morgan fingerprint density at radius 3 is 2.46 bits per heavy atom. The van der Waals surface area contributed by atoms with Gasteiger partial charge in [0.15, 0.2) is 0 Å². The standard InChI is InChI=1S/C10H18O3/c1-5-13-10(11)7-9(12-4)6-8(2)3/h7-8H,5-6H2,1-4H3/b9-7+. The predicted molar refractivity (Wildman–Crippen MR) is 51.2 cm³/mol. The second kappa shape index (κ2) is 6.52. The van der Waals surface area contributed by atoms with Crippen molar-refractivity contribution in [3.63, 3.8) is 0 Å². The Morgan fingerprint density at radius 2 is 2.08 bits per heavy atom. The van der Waals surface area contributed by atoms with Crippen molar-refractivity contribution in [1.82, 2.24) is 0 Å². The molecule has 76 valence electrons. The van der Waals surface area contributed by atoms with Crippen molar-refractivity contribution in [3.8, 4) is 0 Å². The summed E-state index contributed by atoms with van der Waals surface area (Å²) < 4.78 is 9.80. The van der Waals surface area contributed by atoms with Gasteiger partial charge in [-0.15, -0.1) is 0 Å². The molecule has 0 spiro atoms. The van der Waals surface area contributed by atoms with E-state index in [1.54, 1.807) is 14.0 Å². The van der Waals surface area contributed by atoms with E-state index in [1.165, 1.54) is 6.08 Å². The van der Waals surface area contributed by atoms with Crippen LogP contribution in [-0.2, 0) is 14.3 Å². The van der Waals surface area contributed by atoms with E-state index in [1.807, 2.05) is 0 Å². The van der Waals surface area contributed by atoms with Crippen LogP contribution in [0.15, 0.2) is 11.8 Å². The fourth-order valence-corrected chi connectivity index (χ4v) is 0.919. The first-order chi connectivity index (χ1) is 6.10. The molecule has 0 aliphatic rings. The summed E-state index contributed by atoms with van der Waals surface area (Å²) in [7, 11) is 1.56. The van der Waals surface area contributed by atoms with E-state index in [0.717, 1.165) is 6.42 Å². The van der Waals surface area contributed by atoms with Gasteiger partial charge in [0, 0.05) is 6.42 Å². The number of hydrogen-bond donors (Lipinski definition) is 0. The minimum Gasteiger partial charge on any atom is -0.501 e. The first-order valence-corrected chi connectivity index (χ1v) is 4.51. The molecule has 3 heteroatoms. The van der Waals surface area contributed by atoms with Gasteiger partial charge >= 0.3 is 5.97 Å². The van der Waals surface area contributed by atoms with Crippen LogP contribution in [-0.4, -0.2) is 19.7 Å². The van der Waals surface area contributed by atoms with Crippen LogP contribution in [0.5, 0.6) is 0 Å². The van der Waals surface area contributed by atoms with Gasteiger partial charge in [0.1, 0.15) is 5.76 Å². The Labute approximate surface area is 79.7 Å². The molecule has 0 atom stereocenters. The summed E-state index contributed by atoms with van der Waals surface area (Å²) in [6.07, 6.45) is 2.17. The Balaban J connectivity index is 4.12. The van der Waals surface area contributed by atoms with Crippen LogP contribution in [0, 0.1) is 5.92 Å². The first kappa shape index (κ1) is 12.0. The number of carbonyl (C=O) groups excluding carboxylic acids is 1. The van der Waals surface area contributed by atoms with Gasteiger partial charge in [-0.1, -0.05) is 13.8 Å². The van der Waals surface area contributed by atoms with Gasteiger partial charge in [-0.3, -0.25) is 0 Å². The summed E-state index contributed by atoms with van der Waals surface area (Å²) in [6.45, 7) is 6.31. The maximum Gasteiger partial charge on any atom is 0.334 e. The Morgan fingerprint density at radius 1 is 1.46 bits per heavy atom. The quantitative estimate of drug-likeness (QED) is 0.375. The third-order valence-electron chi connectivity index (χ3n) is 1.44. The van der Waals surface area contributed by atoms with Crippen molar-refractivity contribution < 1.29 is 14.3 Å². The molecule has 3 nitrogen and oxygen atoms in total. The van der Waals surface area contributed by atoms with Crippen LogP contribution in [0.4, 0.5) is 0 Å². The second-order valence-corrected chi connectivity index (χ2v) is 3.16.